The van der Waals surface area contributed by atoms with Crippen molar-refractivity contribution in [2.45, 2.75) is 44.4 Å². The molecule has 2 aliphatic rings. The van der Waals surface area contributed by atoms with Crippen molar-refractivity contribution < 1.29 is 18.9 Å². The maximum absolute atomic E-state index is 6.24. The van der Waals surface area contributed by atoms with Gasteiger partial charge in [0, 0.05) is 12.7 Å². The SMILES string of the molecule is CO[C@@H]1C=C(/C=C/[Si](C)(C)C)[C@@H]2OC(c3ccccc3)OC[C@H]2O1. The third-order valence-corrected chi connectivity index (χ3v) is 5.23. The predicted molar refractivity (Wildman–Crippen MR) is 96.2 cm³/mol. The molecule has 5 heteroatoms. The van der Waals surface area contributed by atoms with Gasteiger partial charge in [-0.2, -0.15) is 0 Å². The number of benzene rings is 1. The Morgan fingerprint density at radius 2 is 1.88 bits per heavy atom. The van der Waals surface area contributed by atoms with Crippen molar-refractivity contribution in [3.05, 3.63) is 59.3 Å². The molecule has 0 N–H and O–H groups in total. The van der Waals surface area contributed by atoms with Crippen LogP contribution in [0.2, 0.25) is 19.6 Å². The van der Waals surface area contributed by atoms with Gasteiger partial charge in [-0.15, -0.1) is 0 Å². The fraction of sp³-hybridized carbons (Fsp3) is 0.474. The Morgan fingerprint density at radius 3 is 2.54 bits per heavy atom. The van der Waals surface area contributed by atoms with Gasteiger partial charge < -0.3 is 18.9 Å². The zero-order valence-corrected chi connectivity index (χ0v) is 15.8. The van der Waals surface area contributed by atoms with E-state index in [-0.39, 0.29) is 24.8 Å². The molecule has 1 saturated heterocycles. The van der Waals surface area contributed by atoms with Crippen LogP contribution in [-0.2, 0) is 18.9 Å². The first kappa shape index (κ1) is 17.6. The van der Waals surface area contributed by atoms with E-state index >= 15 is 0 Å². The van der Waals surface area contributed by atoms with Crippen LogP contribution in [0.15, 0.2) is 53.8 Å². The van der Waals surface area contributed by atoms with Crippen LogP contribution in [0.3, 0.4) is 0 Å². The van der Waals surface area contributed by atoms with Gasteiger partial charge in [0.05, 0.1) is 14.7 Å². The molecule has 0 amide bonds. The van der Waals surface area contributed by atoms with Crippen molar-refractivity contribution in [2.24, 2.45) is 0 Å². The molecule has 24 heavy (non-hydrogen) atoms. The Bertz CT molecular complexity index is 606. The monoisotopic (exact) mass is 346 g/mol. The van der Waals surface area contributed by atoms with Gasteiger partial charge in [-0.3, -0.25) is 0 Å². The second-order valence-electron chi connectivity index (χ2n) is 7.28. The molecule has 1 fully saturated rings. The highest BCUT2D eigenvalue weighted by Gasteiger charge is 2.39. The van der Waals surface area contributed by atoms with Crippen molar-refractivity contribution in [2.75, 3.05) is 13.7 Å². The van der Waals surface area contributed by atoms with Gasteiger partial charge in [-0.1, -0.05) is 61.7 Å². The number of ether oxygens (including phenoxy) is 4. The van der Waals surface area contributed by atoms with E-state index in [4.69, 9.17) is 18.9 Å². The number of hydrogen-bond donors (Lipinski definition) is 0. The number of fused-ring (bicyclic) bond motifs is 1. The number of rotatable bonds is 4. The zero-order chi connectivity index (χ0) is 17.2. The Morgan fingerprint density at radius 1 is 1.12 bits per heavy atom. The Kier molecular flexibility index (Phi) is 5.37. The molecule has 0 bridgehead atoms. The van der Waals surface area contributed by atoms with Gasteiger partial charge in [0.1, 0.15) is 12.2 Å². The lowest BCUT2D eigenvalue weighted by Gasteiger charge is -2.41. The maximum Gasteiger partial charge on any atom is 0.184 e. The number of hydrogen-bond acceptors (Lipinski definition) is 4. The molecule has 0 aliphatic carbocycles. The molecule has 2 heterocycles. The molecule has 4 atom stereocenters. The van der Waals surface area contributed by atoms with Crippen LogP contribution in [-0.4, -0.2) is 40.3 Å². The van der Waals surface area contributed by atoms with Crippen molar-refractivity contribution in [1.82, 2.24) is 0 Å². The first-order valence-corrected chi connectivity index (χ1v) is 12.0. The minimum atomic E-state index is -1.30. The second kappa shape index (κ2) is 7.33. The van der Waals surface area contributed by atoms with Crippen LogP contribution >= 0.6 is 0 Å². The molecule has 130 valence electrons. The quantitative estimate of drug-likeness (QED) is 0.777. The van der Waals surface area contributed by atoms with Crippen molar-refractivity contribution >= 4 is 8.07 Å². The van der Waals surface area contributed by atoms with Crippen LogP contribution in [0.25, 0.3) is 0 Å². The zero-order valence-electron chi connectivity index (χ0n) is 14.8. The van der Waals surface area contributed by atoms with Gasteiger partial charge in [0.2, 0.25) is 0 Å². The molecule has 3 rings (SSSR count). The Labute approximate surface area is 145 Å². The lowest BCUT2D eigenvalue weighted by molar-refractivity contribution is -0.283. The highest BCUT2D eigenvalue weighted by molar-refractivity contribution is 6.81. The van der Waals surface area contributed by atoms with Crippen LogP contribution in [0.5, 0.6) is 0 Å². The summed E-state index contributed by atoms with van der Waals surface area (Å²) in [5.74, 6) is 0. The summed E-state index contributed by atoms with van der Waals surface area (Å²) in [5.41, 5.74) is 4.47. The molecular weight excluding hydrogens is 320 g/mol. The molecule has 1 unspecified atom stereocenters. The average molecular weight is 346 g/mol. The molecule has 2 aliphatic heterocycles. The minimum absolute atomic E-state index is 0.136. The lowest BCUT2D eigenvalue weighted by atomic mass is 10.00. The maximum atomic E-state index is 6.24. The molecule has 1 aromatic rings. The van der Waals surface area contributed by atoms with Crippen molar-refractivity contribution in [3.8, 4) is 0 Å². The van der Waals surface area contributed by atoms with E-state index in [2.05, 4.69) is 31.4 Å². The largest absolute Gasteiger partial charge is 0.352 e. The summed E-state index contributed by atoms with van der Waals surface area (Å²) in [6.07, 6.45) is 3.19. The normalized spacial score (nSPS) is 30.9. The lowest BCUT2D eigenvalue weighted by Crippen LogP contribution is -2.47. The van der Waals surface area contributed by atoms with Crippen LogP contribution in [0.1, 0.15) is 11.9 Å². The van der Waals surface area contributed by atoms with E-state index in [9.17, 15) is 0 Å². The predicted octanol–water partition coefficient (Wildman–Crippen LogP) is 3.83. The topological polar surface area (TPSA) is 36.9 Å². The molecule has 0 saturated carbocycles. The van der Waals surface area contributed by atoms with Crippen LogP contribution < -0.4 is 0 Å². The standard InChI is InChI=1S/C19H26O4Si/c1-20-17-12-15(10-11-24(2,3)4)18-16(22-17)13-21-19(23-18)14-8-6-5-7-9-14/h5-12,16-19H,13H2,1-4H3/b11-10+/t16-,17+,18+,19?/m1/s1. The van der Waals surface area contributed by atoms with E-state index in [1.165, 1.54) is 0 Å². The summed E-state index contributed by atoms with van der Waals surface area (Å²) < 4.78 is 23.4. The molecule has 4 nitrogen and oxygen atoms in total. The van der Waals surface area contributed by atoms with E-state index in [0.717, 1.165) is 11.1 Å². The van der Waals surface area contributed by atoms with Gasteiger partial charge in [0.15, 0.2) is 12.6 Å². The van der Waals surface area contributed by atoms with E-state index < -0.39 is 8.07 Å². The first-order valence-electron chi connectivity index (χ1n) is 8.37. The molecule has 0 radical (unpaired) electrons. The summed E-state index contributed by atoms with van der Waals surface area (Å²) in [5, 5.41) is 0. The summed E-state index contributed by atoms with van der Waals surface area (Å²) in [6, 6.07) is 10.0. The van der Waals surface area contributed by atoms with Crippen LogP contribution in [0.4, 0.5) is 0 Å². The third-order valence-electron chi connectivity index (χ3n) is 4.07. The molecular formula is C19H26O4Si. The summed E-state index contributed by atoms with van der Waals surface area (Å²) in [4.78, 5) is 0. The Balaban J connectivity index is 1.83. The summed E-state index contributed by atoms with van der Waals surface area (Å²) in [7, 11) is 0.351. The second-order valence-corrected chi connectivity index (χ2v) is 12.3. The van der Waals surface area contributed by atoms with E-state index in [0.29, 0.717) is 6.61 Å². The molecule has 0 aromatic heterocycles. The van der Waals surface area contributed by atoms with Crippen molar-refractivity contribution in [3.63, 3.8) is 0 Å². The van der Waals surface area contributed by atoms with Gasteiger partial charge in [-0.05, 0) is 11.6 Å². The van der Waals surface area contributed by atoms with E-state index in [1.54, 1.807) is 7.11 Å². The smallest absolute Gasteiger partial charge is 0.184 e. The van der Waals surface area contributed by atoms with Crippen molar-refractivity contribution in [1.29, 1.82) is 0 Å². The fourth-order valence-electron chi connectivity index (χ4n) is 2.80. The van der Waals surface area contributed by atoms with Gasteiger partial charge >= 0.3 is 0 Å². The minimum Gasteiger partial charge on any atom is -0.352 e. The van der Waals surface area contributed by atoms with Crippen LogP contribution in [0, 0.1) is 0 Å². The molecule has 0 spiro atoms. The van der Waals surface area contributed by atoms with E-state index in [1.807, 2.05) is 36.4 Å². The highest BCUT2D eigenvalue weighted by Crippen LogP contribution is 2.34. The highest BCUT2D eigenvalue weighted by atomic mass is 28.3. The summed E-state index contributed by atoms with van der Waals surface area (Å²) in [6.45, 7) is 7.42. The summed E-state index contributed by atoms with van der Waals surface area (Å²) >= 11 is 0. The fourth-order valence-corrected chi connectivity index (χ4v) is 3.49. The average Bonchev–Trinajstić information content (AvgIpc) is 2.59. The number of methoxy groups -OCH3 is 1. The third kappa shape index (κ3) is 4.23. The Hall–Kier alpha value is -1.24. The van der Waals surface area contributed by atoms with Gasteiger partial charge in [-0.25, -0.2) is 0 Å². The van der Waals surface area contributed by atoms with Gasteiger partial charge in [0.25, 0.3) is 0 Å². The molecule has 1 aromatic carbocycles. The first-order chi connectivity index (χ1) is 11.5.